The van der Waals surface area contributed by atoms with Crippen molar-refractivity contribution in [2.24, 2.45) is 11.8 Å². The first kappa shape index (κ1) is 16.4. The Hall–Kier alpha value is -0.960. The van der Waals surface area contributed by atoms with Crippen molar-refractivity contribution in [3.05, 3.63) is 22.8 Å². The van der Waals surface area contributed by atoms with Crippen molar-refractivity contribution in [2.45, 2.75) is 72.8 Å². The van der Waals surface area contributed by atoms with E-state index < -0.39 is 0 Å². The van der Waals surface area contributed by atoms with Crippen LogP contribution in [-0.2, 0) is 19.3 Å². The first-order chi connectivity index (χ1) is 9.74. The van der Waals surface area contributed by atoms with E-state index in [2.05, 4.69) is 46.9 Å². The molecule has 0 saturated heterocycles. The lowest BCUT2D eigenvalue weighted by Crippen LogP contribution is -2.40. The average Bonchev–Trinajstić information content (AvgIpc) is 2.35. The molecule has 0 saturated carbocycles. The van der Waals surface area contributed by atoms with E-state index in [1.807, 2.05) is 0 Å². The van der Waals surface area contributed by atoms with Gasteiger partial charge in [-0.2, -0.15) is 0 Å². The Morgan fingerprint density at radius 2 is 1.95 bits per heavy atom. The van der Waals surface area contributed by atoms with Crippen molar-refractivity contribution in [1.82, 2.24) is 15.3 Å². The zero-order valence-corrected chi connectivity index (χ0v) is 14.6. The largest absolute Gasteiger partial charge is 0.312 e. The Bertz CT molecular complexity index is 486. The summed E-state index contributed by atoms with van der Waals surface area (Å²) in [6.45, 7) is 14.4. The zero-order chi connectivity index (χ0) is 15.6. The Labute approximate surface area is 130 Å². The van der Waals surface area contributed by atoms with Crippen molar-refractivity contribution in [2.75, 3.05) is 6.54 Å². The second-order valence-corrected chi connectivity index (χ2v) is 7.99. The van der Waals surface area contributed by atoms with Gasteiger partial charge in [0, 0.05) is 23.3 Å². The standard InChI is InChI=1S/C18H31N3/c1-12(2)9-17-20-13(3)15-10-14(7-8-16(15)21-17)11-19-18(4,5)6/h12,14,19H,7-11H2,1-6H3. The summed E-state index contributed by atoms with van der Waals surface area (Å²) in [4.78, 5) is 9.56. The van der Waals surface area contributed by atoms with Crippen LogP contribution in [0.3, 0.4) is 0 Å². The van der Waals surface area contributed by atoms with E-state index in [1.54, 1.807) is 0 Å². The number of aromatic nitrogens is 2. The zero-order valence-electron chi connectivity index (χ0n) is 14.6. The second-order valence-electron chi connectivity index (χ2n) is 7.99. The van der Waals surface area contributed by atoms with E-state index in [0.29, 0.717) is 5.92 Å². The van der Waals surface area contributed by atoms with Crippen LogP contribution in [0.4, 0.5) is 0 Å². The SMILES string of the molecule is Cc1nc(CC(C)C)nc2c1CC(CNC(C)(C)C)CC2. The van der Waals surface area contributed by atoms with Crippen LogP contribution in [-0.4, -0.2) is 22.1 Å². The van der Waals surface area contributed by atoms with Crippen molar-refractivity contribution in [3.8, 4) is 0 Å². The van der Waals surface area contributed by atoms with E-state index >= 15 is 0 Å². The minimum absolute atomic E-state index is 0.201. The molecule has 1 atom stereocenters. The maximum Gasteiger partial charge on any atom is 0.129 e. The lowest BCUT2D eigenvalue weighted by atomic mass is 9.85. The molecule has 1 aromatic rings. The second kappa shape index (κ2) is 6.43. The molecule has 0 bridgehead atoms. The predicted molar refractivity (Wildman–Crippen MR) is 88.6 cm³/mol. The van der Waals surface area contributed by atoms with Crippen LogP contribution >= 0.6 is 0 Å². The third kappa shape index (κ3) is 4.77. The van der Waals surface area contributed by atoms with E-state index in [4.69, 9.17) is 9.97 Å². The van der Waals surface area contributed by atoms with Crippen molar-refractivity contribution < 1.29 is 0 Å². The molecule has 0 fully saturated rings. The maximum absolute atomic E-state index is 4.83. The summed E-state index contributed by atoms with van der Waals surface area (Å²) in [5, 5.41) is 3.64. The third-order valence-corrected chi connectivity index (χ3v) is 4.14. The molecule has 1 aliphatic rings. The average molecular weight is 289 g/mol. The summed E-state index contributed by atoms with van der Waals surface area (Å²) >= 11 is 0. The topological polar surface area (TPSA) is 37.8 Å². The number of aryl methyl sites for hydroxylation is 2. The monoisotopic (exact) mass is 289 g/mol. The molecule has 0 aliphatic heterocycles. The van der Waals surface area contributed by atoms with Crippen molar-refractivity contribution in [1.29, 1.82) is 0 Å². The van der Waals surface area contributed by atoms with Gasteiger partial charge in [0.05, 0.1) is 0 Å². The molecule has 1 aromatic heterocycles. The summed E-state index contributed by atoms with van der Waals surface area (Å²) in [7, 11) is 0. The normalized spacial score (nSPS) is 18.9. The number of fused-ring (bicyclic) bond motifs is 1. The number of rotatable bonds is 4. The van der Waals surface area contributed by atoms with Crippen LogP contribution in [0.1, 0.15) is 63.8 Å². The van der Waals surface area contributed by atoms with Crippen LogP contribution in [0.5, 0.6) is 0 Å². The summed E-state index contributed by atoms with van der Waals surface area (Å²) in [5.41, 5.74) is 4.13. The molecule has 118 valence electrons. The number of nitrogens with zero attached hydrogens (tertiary/aromatic N) is 2. The lowest BCUT2D eigenvalue weighted by molar-refractivity contribution is 0.346. The number of nitrogens with one attached hydrogen (secondary N) is 1. The Morgan fingerprint density at radius 1 is 1.24 bits per heavy atom. The molecule has 3 nitrogen and oxygen atoms in total. The van der Waals surface area contributed by atoms with Crippen LogP contribution in [0, 0.1) is 18.8 Å². The van der Waals surface area contributed by atoms with Crippen molar-refractivity contribution in [3.63, 3.8) is 0 Å². The molecular formula is C18H31N3. The smallest absolute Gasteiger partial charge is 0.129 e. The van der Waals surface area contributed by atoms with Gasteiger partial charge < -0.3 is 5.32 Å². The predicted octanol–water partition coefficient (Wildman–Crippen LogP) is 3.48. The molecule has 0 spiro atoms. The molecule has 21 heavy (non-hydrogen) atoms. The fourth-order valence-electron chi connectivity index (χ4n) is 3.00. The molecular weight excluding hydrogens is 258 g/mol. The molecule has 1 heterocycles. The van der Waals surface area contributed by atoms with Gasteiger partial charge in [-0.1, -0.05) is 13.8 Å². The number of hydrogen-bond acceptors (Lipinski definition) is 3. The van der Waals surface area contributed by atoms with Crippen LogP contribution in [0.25, 0.3) is 0 Å². The van der Waals surface area contributed by atoms with Gasteiger partial charge in [0.2, 0.25) is 0 Å². The summed E-state index contributed by atoms with van der Waals surface area (Å²) < 4.78 is 0. The molecule has 0 radical (unpaired) electrons. The molecule has 1 unspecified atom stereocenters. The molecule has 0 amide bonds. The van der Waals surface area contributed by atoms with Crippen LogP contribution < -0.4 is 5.32 Å². The van der Waals surface area contributed by atoms with E-state index in [-0.39, 0.29) is 5.54 Å². The minimum atomic E-state index is 0.201. The molecule has 3 heteroatoms. The Kier molecular flexibility index (Phi) is 5.03. The van der Waals surface area contributed by atoms with Gasteiger partial charge in [0.15, 0.2) is 0 Å². The Morgan fingerprint density at radius 3 is 2.57 bits per heavy atom. The summed E-state index contributed by atoms with van der Waals surface area (Å²) in [6, 6.07) is 0. The summed E-state index contributed by atoms with van der Waals surface area (Å²) in [5.74, 6) is 2.37. The highest BCUT2D eigenvalue weighted by atomic mass is 14.9. The van der Waals surface area contributed by atoms with Gasteiger partial charge in [-0.15, -0.1) is 0 Å². The molecule has 2 rings (SSSR count). The first-order valence-corrected chi connectivity index (χ1v) is 8.35. The van der Waals surface area contributed by atoms with E-state index in [1.165, 1.54) is 23.4 Å². The fraction of sp³-hybridized carbons (Fsp3) is 0.778. The van der Waals surface area contributed by atoms with Gasteiger partial charge in [-0.25, -0.2) is 9.97 Å². The van der Waals surface area contributed by atoms with E-state index in [9.17, 15) is 0 Å². The molecule has 1 aliphatic carbocycles. The molecule has 1 N–H and O–H groups in total. The summed E-state index contributed by atoms with van der Waals surface area (Å²) in [6.07, 6.45) is 4.48. The van der Waals surface area contributed by atoms with Crippen molar-refractivity contribution >= 4 is 0 Å². The van der Waals surface area contributed by atoms with Gasteiger partial charge in [0.25, 0.3) is 0 Å². The van der Waals surface area contributed by atoms with Gasteiger partial charge in [-0.3, -0.25) is 0 Å². The highest BCUT2D eigenvalue weighted by molar-refractivity contribution is 5.28. The fourth-order valence-corrected chi connectivity index (χ4v) is 3.00. The number of hydrogen-bond donors (Lipinski definition) is 1. The molecule has 0 aromatic carbocycles. The quantitative estimate of drug-likeness (QED) is 0.922. The van der Waals surface area contributed by atoms with Crippen LogP contribution in [0.2, 0.25) is 0 Å². The Balaban J connectivity index is 2.07. The highest BCUT2D eigenvalue weighted by Crippen LogP contribution is 2.26. The third-order valence-electron chi connectivity index (χ3n) is 4.14. The maximum atomic E-state index is 4.83. The van der Waals surface area contributed by atoms with Gasteiger partial charge >= 0.3 is 0 Å². The van der Waals surface area contributed by atoms with Crippen LogP contribution in [0.15, 0.2) is 0 Å². The highest BCUT2D eigenvalue weighted by Gasteiger charge is 2.23. The lowest BCUT2D eigenvalue weighted by Gasteiger charge is -2.29. The minimum Gasteiger partial charge on any atom is -0.312 e. The van der Waals surface area contributed by atoms with Gasteiger partial charge in [0.1, 0.15) is 5.82 Å². The van der Waals surface area contributed by atoms with Gasteiger partial charge in [-0.05, 0) is 70.9 Å². The first-order valence-electron chi connectivity index (χ1n) is 8.35. The van der Waals surface area contributed by atoms with E-state index in [0.717, 1.165) is 37.5 Å².